The number of piperidine rings is 1. The molecule has 2 unspecified atom stereocenters. The summed E-state index contributed by atoms with van der Waals surface area (Å²) in [4.78, 5) is 14.9. The molecule has 6 heteroatoms. The van der Waals surface area contributed by atoms with Crippen LogP contribution in [-0.4, -0.2) is 50.1 Å². The van der Waals surface area contributed by atoms with Crippen LogP contribution in [0, 0.1) is 17.6 Å². The fraction of sp³-hybridized carbons (Fsp3) is 0.562. The number of fused-ring (bicyclic) bond motifs is 2. The first-order valence-electron chi connectivity index (χ1n) is 7.38. The van der Waals surface area contributed by atoms with Crippen molar-refractivity contribution in [1.82, 2.24) is 4.90 Å². The van der Waals surface area contributed by atoms with Gasteiger partial charge in [0.05, 0.1) is 20.3 Å². The van der Waals surface area contributed by atoms with Crippen LogP contribution in [0.25, 0.3) is 0 Å². The lowest BCUT2D eigenvalue weighted by atomic mass is 9.81. The minimum Gasteiger partial charge on any atom is -0.494 e. The highest BCUT2D eigenvalue weighted by Crippen LogP contribution is 2.33. The van der Waals surface area contributed by atoms with Gasteiger partial charge in [-0.15, -0.1) is 0 Å². The summed E-state index contributed by atoms with van der Waals surface area (Å²) in [5.74, 6) is -2.70. The molecule has 0 spiro atoms. The first-order chi connectivity index (χ1) is 10.5. The maximum absolute atomic E-state index is 13.6. The first-order valence-corrected chi connectivity index (χ1v) is 7.38. The number of nitrogens with zero attached hydrogens (tertiary/aromatic N) is 1. The van der Waals surface area contributed by atoms with Gasteiger partial charge in [0.15, 0.2) is 17.3 Å². The Morgan fingerprint density at radius 1 is 1.27 bits per heavy atom. The van der Waals surface area contributed by atoms with Crippen LogP contribution in [0.3, 0.4) is 0 Å². The standard InChI is InChI=1S/C16H19F2NO3/c1-19-11-3-9(4-12(19)8-22-7-11)16(20)10-5-13(17)15(18)14(6-10)21-2/h5-6,9,11-12H,3-4,7-8H2,1-2H3. The van der Waals surface area contributed by atoms with Gasteiger partial charge in [0.2, 0.25) is 5.82 Å². The van der Waals surface area contributed by atoms with Crippen LogP contribution in [0.5, 0.6) is 5.75 Å². The van der Waals surface area contributed by atoms with E-state index in [1.807, 2.05) is 7.05 Å². The van der Waals surface area contributed by atoms with Crippen molar-refractivity contribution in [3.05, 3.63) is 29.3 Å². The summed E-state index contributed by atoms with van der Waals surface area (Å²) in [6.07, 6.45) is 1.35. The molecule has 1 aromatic carbocycles. The van der Waals surface area contributed by atoms with Crippen molar-refractivity contribution < 1.29 is 23.0 Å². The van der Waals surface area contributed by atoms with Crippen molar-refractivity contribution in [2.24, 2.45) is 5.92 Å². The molecule has 120 valence electrons. The molecule has 2 aliphatic rings. The van der Waals surface area contributed by atoms with E-state index in [1.54, 1.807) is 0 Å². The van der Waals surface area contributed by atoms with Crippen LogP contribution < -0.4 is 4.74 Å². The zero-order valence-electron chi connectivity index (χ0n) is 12.6. The van der Waals surface area contributed by atoms with E-state index < -0.39 is 11.6 Å². The summed E-state index contributed by atoms with van der Waals surface area (Å²) in [5.41, 5.74) is 0.171. The second-order valence-corrected chi connectivity index (χ2v) is 6.02. The second kappa shape index (κ2) is 5.93. The van der Waals surface area contributed by atoms with E-state index >= 15 is 0 Å². The lowest BCUT2D eigenvalue weighted by Crippen LogP contribution is -2.55. The van der Waals surface area contributed by atoms with Crippen LogP contribution in [0.1, 0.15) is 23.2 Å². The number of likely N-dealkylation sites (N-methyl/N-ethyl adjacent to an activating group) is 1. The van der Waals surface area contributed by atoms with E-state index in [-0.39, 0.29) is 35.1 Å². The average Bonchev–Trinajstić information content (AvgIpc) is 2.49. The molecule has 3 rings (SSSR count). The minimum atomic E-state index is -1.06. The zero-order chi connectivity index (χ0) is 15.9. The van der Waals surface area contributed by atoms with Gasteiger partial charge in [-0.1, -0.05) is 0 Å². The highest BCUT2D eigenvalue weighted by atomic mass is 19.2. The number of carbonyl (C=O) groups excluding carboxylic acids is 1. The third-order valence-electron chi connectivity index (χ3n) is 4.76. The van der Waals surface area contributed by atoms with Crippen LogP contribution >= 0.6 is 0 Å². The highest BCUT2D eigenvalue weighted by molar-refractivity contribution is 5.98. The lowest BCUT2D eigenvalue weighted by molar-refractivity contribution is -0.0702. The molecule has 0 saturated carbocycles. The Bertz CT molecular complexity index is 579. The van der Waals surface area contributed by atoms with Crippen molar-refractivity contribution in [1.29, 1.82) is 0 Å². The number of benzene rings is 1. The Labute approximate surface area is 128 Å². The first kappa shape index (κ1) is 15.4. The Morgan fingerprint density at radius 3 is 2.50 bits per heavy atom. The number of hydrogen-bond acceptors (Lipinski definition) is 4. The van der Waals surface area contributed by atoms with Crippen LogP contribution in [0.2, 0.25) is 0 Å². The molecule has 1 aromatic rings. The van der Waals surface area contributed by atoms with Crippen LogP contribution in [0.4, 0.5) is 8.78 Å². The number of halogens is 2. The molecule has 2 aliphatic heterocycles. The van der Waals surface area contributed by atoms with Gasteiger partial charge in [0.25, 0.3) is 0 Å². The number of methoxy groups -OCH3 is 1. The van der Waals surface area contributed by atoms with Gasteiger partial charge in [0.1, 0.15) is 0 Å². The summed E-state index contributed by atoms with van der Waals surface area (Å²) < 4.78 is 37.4. The van der Waals surface area contributed by atoms with Gasteiger partial charge in [-0.05, 0) is 32.0 Å². The number of ketones is 1. The fourth-order valence-electron chi connectivity index (χ4n) is 3.40. The molecule has 2 heterocycles. The fourth-order valence-corrected chi connectivity index (χ4v) is 3.40. The summed E-state index contributed by atoms with van der Waals surface area (Å²) in [6, 6.07) is 2.65. The average molecular weight is 311 g/mol. The molecule has 22 heavy (non-hydrogen) atoms. The molecule has 2 fully saturated rings. The van der Waals surface area contributed by atoms with E-state index in [4.69, 9.17) is 9.47 Å². The number of rotatable bonds is 3. The largest absolute Gasteiger partial charge is 0.494 e. The summed E-state index contributed by atoms with van der Waals surface area (Å²) >= 11 is 0. The molecule has 4 nitrogen and oxygen atoms in total. The molecule has 2 bridgehead atoms. The van der Waals surface area contributed by atoms with E-state index in [9.17, 15) is 13.6 Å². The number of hydrogen-bond donors (Lipinski definition) is 0. The second-order valence-electron chi connectivity index (χ2n) is 6.02. The van der Waals surface area contributed by atoms with E-state index in [0.717, 1.165) is 6.07 Å². The number of carbonyl (C=O) groups is 1. The van der Waals surface area contributed by atoms with Crippen molar-refractivity contribution in [2.45, 2.75) is 24.9 Å². The van der Waals surface area contributed by atoms with E-state index in [0.29, 0.717) is 26.1 Å². The van der Waals surface area contributed by atoms with Crippen LogP contribution in [0.15, 0.2) is 12.1 Å². The number of morpholine rings is 1. The maximum Gasteiger partial charge on any atom is 0.200 e. The topological polar surface area (TPSA) is 38.8 Å². The van der Waals surface area contributed by atoms with Gasteiger partial charge >= 0.3 is 0 Å². The van der Waals surface area contributed by atoms with Crippen molar-refractivity contribution in [3.63, 3.8) is 0 Å². The van der Waals surface area contributed by atoms with E-state index in [2.05, 4.69) is 4.90 Å². The normalized spacial score (nSPS) is 28.5. The molecule has 0 radical (unpaired) electrons. The van der Waals surface area contributed by atoms with Gasteiger partial charge in [-0.3, -0.25) is 9.69 Å². The van der Waals surface area contributed by atoms with E-state index in [1.165, 1.54) is 13.2 Å². The molecule has 0 aromatic heterocycles. The maximum atomic E-state index is 13.6. The molecule has 0 aliphatic carbocycles. The molecular weight excluding hydrogens is 292 g/mol. The van der Waals surface area contributed by atoms with Crippen molar-refractivity contribution in [3.8, 4) is 5.75 Å². The number of ether oxygens (including phenoxy) is 2. The Balaban J connectivity index is 1.84. The molecule has 0 N–H and O–H groups in total. The van der Waals surface area contributed by atoms with Crippen molar-refractivity contribution in [2.75, 3.05) is 27.4 Å². The summed E-state index contributed by atoms with van der Waals surface area (Å²) in [5, 5.41) is 0. The van der Waals surface area contributed by atoms with Gasteiger partial charge in [-0.2, -0.15) is 4.39 Å². The Morgan fingerprint density at radius 2 is 1.91 bits per heavy atom. The molecular formula is C16H19F2NO3. The van der Waals surface area contributed by atoms with Gasteiger partial charge in [0, 0.05) is 23.6 Å². The molecule has 2 atom stereocenters. The van der Waals surface area contributed by atoms with Crippen LogP contribution in [-0.2, 0) is 4.74 Å². The smallest absolute Gasteiger partial charge is 0.200 e. The quantitative estimate of drug-likeness (QED) is 0.803. The third-order valence-corrected chi connectivity index (χ3v) is 4.76. The predicted octanol–water partition coefficient (Wildman–Crippen LogP) is 2.27. The summed E-state index contributed by atoms with van der Waals surface area (Å²) in [7, 11) is 3.29. The number of Topliss-reactive ketones (excluding diaryl/α,β-unsaturated/α-hetero) is 1. The van der Waals surface area contributed by atoms with Gasteiger partial charge < -0.3 is 9.47 Å². The zero-order valence-corrected chi connectivity index (χ0v) is 12.6. The lowest BCUT2D eigenvalue weighted by Gasteiger charge is -2.46. The SMILES string of the molecule is COc1cc(C(=O)C2CC3COCC(C2)N3C)cc(F)c1F. The summed E-state index contributed by atoms with van der Waals surface area (Å²) in [6.45, 7) is 1.22. The van der Waals surface area contributed by atoms with Gasteiger partial charge in [-0.25, -0.2) is 4.39 Å². The minimum absolute atomic E-state index is 0.151. The molecule has 0 amide bonds. The van der Waals surface area contributed by atoms with Crippen molar-refractivity contribution >= 4 is 5.78 Å². The predicted molar refractivity (Wildman–Crippen MR) is 76.1 cm³/mol. The highest BCUT2D eigenvalue weighted by Gasteiger charge is 2.39. The Kier molecular flexibility index (Phi) is 4.14. The third kappa shape index (κ3) is 2.61. The Hall–Kier alpha value is -1.53. The molecule has 2 saturated heterocycles. The monoisotopic (exact) mass is 311 g/mol.